The second-order valence-corrected chi connectivity index (χ2v) is 3.59. The lowest BCUT2D eigenvalue weighted by Crippen LogP contribution is -2.34. The van der Waals surface area contributed by atoms with Gasteiger partial charge in [0.05, 0.1) is 0 Å². The van der Waals surface area contributed by atoms with E-state index in [4.69, 9.17) is 5.11 Å². The number of carboxylic acids is 1. The standard InChI is InChI=1S/C12H13NO6/c1-2-3-19-12(18)13-10(11(16)17)7-4-8(14)6-9(15)5-7/h2,4-6,10,14-15H,1,3H2,(H,13,18)(H,16,17). The minimum atomic E-state index is -1.45. The van der Waals surface area contributed by atoms with E-state index in [0.29, 0.717) is 0 Å². The van der Waals surface area contributed by atoms with E-state index in [9.17, 15) is 19.8 Å². The Hall–Kier alpha value is -2.70. The zero-order valence-electron chi connectivity index (χ0n) is 9.87. The molecule has 0 heterocycles. The zero-order valence-corrected chi connectivity index (χ0v) is 9.87. The third-order valence-electron chi connectivity index (χ3n) is 2.10. The van der Waals surface area contributed by atoms with Gasteiger partial charge in [0.2, 0.25) is 0 Å². The van der Waals surface area contributed by atoms with Crippen molar-refractivity contribution >= 4 is 12.1 Å². The van der Waals surface area contributed by atoms with Crippen molar-refractivity contribution in [1.82, 2.24) is 5.32 Å². The van der Waals surface area contributed by atoms with Crippen molar-refractivity contribution in [2.75, 3.05) is 6.61 Å². The molecule has 0 aromatic heterocycles. The fraction of sp³-hybridized carbons (Fsp3) is 0.167. The largest absolute Gasteiger partial charge is 0.508 e. The van der Waals surface area contributed by atoms with Crippen LogP contribution in [-0.2, 0) is 9.53 Å². The lowest BCUT2D eigenvalue weighted by Gasteiger charge is -2.15. The van der Waals surface area contributed by atoms with Crippen molar-refractivity contribution in [3.05, 3.63) is 36.4 Å². The van der Waals surface area contributed by atoms with Crippen LogP contribution in [-0.4, -0.2) is 34.0 Å². The van der Waals surface area contributed by atoms with Crippen LogP contribution >= 0.6 is 0 Å². The zero-order chi connectivity index (χ0) is 14.4. The Morgan fingerprint density at radius 3 is 2.37 bits per heavy atom. The molecule has 1 aromatic rings. The van der Waals surface area contributed by atoms with Gasteiger partial charge in [-0.2, -0.15) is 0 Å². The van der Waals surface area contributed by atoms with Gasteiger partial charge in [-0.05, 0) is 17.7 Å². The number of rotatable bonds is 5. The van der Waals surface area contributed by atoms with Crippen molar-refractivity contribution in [2.24, 2.45) is 0 Å². The van der Waals surface area contributed by atoms with Crippen LogP contribution in [0.5, 0.6) is 11.5 Å². The van der Waals surface area contributed by atoms with Crippen molar-refractivity contribution in [3.8, 4) is 11.5 Å². The van der Waals surface area contributed by atoms with E-state index in [2.05, 4.69) is 16.6 Å². The Morgan fingerprint density at radius 2 is 1.89 bits per heavy atom. The number of amides is 1. The van der Waals surface area contributed by atoms with Crippen molar-refractivity contribution < 1.29 is 29.6 Å². The Bertz CT molecular complexity index is 479. The number of carbonyl (C=O) groups excluding carboxylic acids is 1. The van der Waals surface area contributed by atoms with E-state index in [1.165, 1.54) is 6.08 Å². The second kappa shape index (κ2) is 6.29. The summed E-state index contributed by atoms with van der Waals surface area (Å²) in [4.78, 5) is 22.4. The molecule has 0 aliphatic rings. The molecular formula is C12H13NO6. The summed E-state index contributed by atoms with van der Waals surface area (Å²) >= 11 is 0. The Labute approximate surface area is 108 Å². The lowest BCUT2D eigenvalue weighted by atomic mass is 10.1. The summed E-state index contributed by atoms with van der Waals surface area (Å²) in [6.07, 6.45) is 0.380. The number of phenols is 2. The molecule has 0 radical (unpaired) electrons. The van der Waals surface area contributed by atoms with Gasteiger partial charge in [-0.1, -0.05) is 12.7 Å². The number of alkyl carbamates (subject to hydrolysis) is 1. The SMILES string of the molecule is C=CCOC(=O)NC(C(=O)O)c1cc(O)cc(O)c1. The first-order valence-corrected chi connectivity index (χ1v) is 5.24. The van der Waals surface area contributed by atoms with Crippen LogP contribution in [0.1, 0.15) is 11.6 Å². The number of aromatic hydroxyl groups is 2. The molecule has 0 saturated heterocycles. The molecule has 1 amide bonds. The predicted octanol–water partition coefficient (Wildman–Crippen LogP) is 1.14. The topological polar surface area (TPSA) is 116 Å². The maximum atomic E-state index is 11.3. The molecule has 1 rings (SSSR count). The maximum Gasteiger partial charge on any atom is 0.408 e. The van der Waals surface area contributed by atoms with Crippen molar-refractivity contribution in [1.29, 1.82) is 0 Å². The number of phenolic OH excluding ortho intramolecular Hbond substituents is 2. The number of carbonyl (C=O) groups is 2. The lowest BCUT2D eigenvalue weighted by molar-refractivity contribution is -0.139. The van der Waals surface area contributed by atoms with E-state index < -0.39 is 18.1 Å². The van der Waals surface area contributed by atoms with Crippen LogP contribution in [0.15, 0.2) is 30.9 Å². The number of ether oxygens (including phenoxy) is 1. The van der Waals surface area contributed by atoms with Gasteiger partial charge >= 0.3 is 12.1 Å². The van der Waals surface area contributed by atoms with E-state index >= 15 is 0 Å². The molecule has 4 N–H and O–H groups in total. The quantitative estimate of drug-likeness (QED) is 0.594. The van der Waals surface area contributed by atoms with Gasteiger partial charge in [-0.3, -0.25) is 0 Å². The Balaban J connectivity index is 2.91. The summed E-state index contributed by atoms with van der Waals surface area (Å²) in [5.41, 5.74) is 0.0144. The van der Waals surface area contributed by atoms with E-state index in [1.54, 1.807) is 0 Å². The van der Waals surface area contributed by atoms with Gasteiger partial charge in [0.25, 0.3) is 0 Å². The minimum absolute atomic E-state index is 0.0144. The molecule has 1 atom stereocenters. The van der Waals surface area contributed by atoms with Gasteiger partial charge in [0, 0.05) is 6.07 Å². The van der Waals surface area contributed by atoms with Gasteiger partial charge in [-0.15, -0.1) is 0 Å². The number of nitrogens with one attached hydrogen (secondary N) is 1. The first-order valence-electron chi connectivity index (χ1n) is 5.24. The number of hydrogen-bond acceptors (Lipinski definition) is 5. The molecule has 0 aliphatic heterocycles. The summed E-state index contributed by atoms with van der Waals surface area (Å²) in [5.74, 6) is -1.99. The third kappa shape index (κ3) is 4.23. The highest BCUT2D eigenvalue weighted by Crippen LogP contribution is 2.25. The highest BCUT2D eigenvalue weighted by atomic mass is 16.5. The number of aliphatic carboxylic acids is 1. The molecular weight excluding hydrogens is 254 g/mol. The van der Waals surface area contributed by atoms with Crippen molar-refractivity contribution in [3.63, 3.8) is 0 Å². The van der Waals surface area contributed by atoms with Gasteiger partial charge in [0.1, 0.15) is 18.1 Å². The van der Waals surface area contributed by atoms with Crippen LogP contribution < -0.4 is 5.32 Å². The van der Waals surface area contributed by atoms with Crippen LogP contribution in [0.4, 0.5) is 4.79 Å². The van der Waals surface area contributed by atoms with E-state index in [-0.39, 0.29) is 23.7 Å². The number of hydrogen-bond donors (Lipinski definition) is 4. The fourth-order valence-corrected chi connectivity index (χ4v) is 1.37. The predicted molar refractivity (Wildman–Crippen MR) is 64.8 cm³/mol. The summed E-state index contributed by atoms with van der Waals surface area (Å²) in [6, 6.07) is 1.83. The highest BCUT2D eigenvalue weighted by Gasteiger charge is 2.23. The fourth-order valence-electron chi connectivity index (χ4n) is 1.37. The molecule has 19 heavy (non-hydrogen) atoms. The van der Waals surface area contributed by atoms with Crippen LogP contribution in [0.2, 0.25) is 0 Å². The molecule has 0 saturated carbocycles. The summed E-state index contributed by atoms with van der Waals surface area (Å²) < 4.78 is 4.60. The second-order valence-electron chi connectivity index (χ2n) is 3.59. The van der Waals surface area contributed by atoms with Crippen LogP contribution in [0, 0.1) is 0 Å². The molecule has 0 spiro atoms. The smallest absolute Gasteiger partial charge is 0.408 e. The van der Waals surface area contributed by atoms with Gasteiger partial charge in [-0.25, -0.2) is 9.59 Å². The monoisotopic (exact) mass is 267 g/mol. The first-order chi connectivity index (χ1) is 8.93. The summed E-state index contributed by atoms with van der Waals surface area (Å²) in [6.45, 7) is 3.27. The molecule has 0 fully saturated rings. The Morgan fingerprint density at radius 1 is 1.32 bits per heavy atom. The van der Waals surface area contributed by atoms with Gasteiger partial charge < -0.3 is 25.4 Å². The average molecular weight is 267 g/mol. The van der Waals surface area contributed by atoms with Crippen LogP contribution in [0.3, 0.4) is 0 Å². The van der Waals surface area contributed by atoms with E-state index in [0.717, 1.165) is 18.2 Å². The molecule has 0 bridgehead atoms. The molecule has 1 aromatic carbocycles. The third-order valence-corrected chi connectivity index (χ3v) is 2.10. The molecule has 7 nitrogen and oxygen atoms in total. The molecule has 7 heteroatoms. The summed E-state index contributed by atoms with van der Waals surface area (Å²) in [7, 11) is 0. The normalized spacial score (nSPS) is 11.4. The van der Waals surface area contributed by atoms with E-state index in [1.807, 2.05) is 0 Å². The maximum absolute atomic E-state index is 11.3. The Kier molecular flexibility index (Phi) is 4.76. The highest BCUT2D eigenvalue weighted by molar-refractivity contribution is 5.81. The number of benzene rings is 1. The van der Waals surface area contributed by atoms with Crippen LogP contribution in [0.25, 0.3) is 0 Å². The summed E-state index contributed by atoms with van der Waals surface area (Å²) in [5, 5.41) is 29.7. The minimum Gasteiger partial charge on any atom is -0.508 e. The molecule has 0 aliphatic carbocycles. The molecule has 1 unspecified atom stereocenters. The number of carboxylic acid groups (broad SMARTS) is 1. The van der Waals surface area contributed by atoms with Gasteiger partial charge in [0.15, 0.2) is 6.04 Å². The average Bonchev–Trinajstić information content (AvgIpc) is 2.31. The first kappa shape index (κ1) is 14.4. The molecule has 102 valence electrons. The van der Waals surface area contributed by atoms with Crippen molar-refractivity contribution in [2.45, 2.75) is 6.04 Å².